The molecule has 0 fully saturated rings. The first-order chi connectivity index (χ1) is 10.5. The van der Waals surface area contributed by atoms with E-state index in [1.165, 1.54) is 24.3 Å². The van der Waals surface area contributed by atoms with Crippen molar-refractivity contribution in [3.8, 4) is 5.75 Å². The molecule has 0 heterocycles. The van der Waals surface area contributed by atoms with Crippen LogP contribution >= 0.6 is 0 Å². The maximum absolute atomic E-state index is 13.4. The standard InChI is InChI=1S/C15H11F4NO2/c16-10-3-6-12(13(17)7-10)14(21)20-8-9-1-4-11(5-2-9)22-15(18)19/h1-7,15H,8H2,(H,20,21). The van der Waals surface area contributed by atoms with Crippen molar-refractivity contribution in [2.45, 2.75) is 13.2 Å². The fourth-order valence-corrected chi connectivity index (χ4v) is 1.74. The first-order valence-corrected chi connectivity index (χ1v) is 6.22. The van der Waals surface area contributed by atoms with E-state index in [-0.39, 0.29) is 17.9 Å². The molecule has 0 aliphatic heterocycles. The van der Waals surface area contributed by atoms with Crippen molar-refractivity contribution in [2.24, 2.45) is 0 Å². The lowest BCUT2D eigenvalue weighted by Gasteiger charge is -2.08. The van der Waals surface area contributed by atoms with Crippen LogP contribution in [0.4, 0.5) is 17.6 Å². The molecule has 0 saturated heterocycles. The number of carbonyl (C=O) groups excluding carboxylic acids is 1. The molecule has 22 heavy (non-hydrogen) atoms. The largest absolute Gasteiger partial charge is 0.435 e. The quantitative estimate of drug-likeness (QED) is 0.858. The number of nitrogens with one attached hydrogen (secondary N) is 1. The van der Waals surface area contributed by atoms with Gasteiger partial charge >= 0.3 is 6.61 Å². The van der Waals surface area contributed by atoms with Crippen LogP contribution in [-0.4, -0.2) is 12.5 Å². The van der Waals surface area contributed by atoms with E-state index in [4.69, 9.17) is 0 Å². The van der Waals surface area contributed by atoms with Crippen molar-refractivity contribution in [1.29, 1.82) is 0 Å². The second kappa shape index (κ2) is 6.93. The Morgan fingerprint density at radius 2 is 1.77 bits per heavy atom. The molecule has 0 aromatic heterocycles. The lowest BCUT2D eigenvalue weighted by molar-refractivity contribution is -0.0498. The molecule has 116 valence electrons. The van der Waals surface area contributed by atoms with Gasteiger partial charge in [0.05, 0.1) is 5.56 Å². The summed E-state index contributed by atoms with van der Waals surface area (Å²) in [5.41, 5.74) is 0.330. The zero-order valence-electron chi connectivity index (χ0n) is 11.2. The maximum Gasteiger partial charge on any atom is 0.387 e. The van der Waals surface area contributed by atoms with Crippen molar-refractivity contribution in [2.75, 3.05) is 0 Å². The van der Waals surface area contributed by atoms with Gasteiger partial charge in [0.15, 0.2) is 0 Å². The Kier molecular flexibility index (Phi) is 4.98. The highest BCUT2D eigenvalue weighted by Crippen LogP contribution is 2.15. The number of benzene rings is 2. The number of amides is 1. The molecule has 0 radical (unpaired) electrons. The molecule has 0 bridgehead atoms. The van der Waals surface area contributed by atoms with E-state index >= 15 is 0 Å². The maximum atomic E-state index is 13.4. The molecule has 3 nitrogen and oxygen atoms in total. The smallest absolute Gasteiger partial charge is 0.387 e. The van der Waals surface area contributed by atoms with Crippen LogP contribution in [-0.2, 0) is 6.54 Å². The Morgan fingerprint density at radius 1 is 1.09 bits per heavy atom. The second-order valence-electron chi connectivity index (χ2n) is 4.33. The number of carbonyl (C=O) groups is 1. The van der Waals surface area contributed by atoms with Gasteiger partial charge in [-0.25, -0.2) is 8.78 Å². The third-order valence-electron chi connectivity index (χ3n) is 2.78. The molecule has 2 aromatic carbocycles. The molecule has 1 N–H and O–H groups in total. The van der Waals surface area contributed by atoms with Crippen LogP contribution in [0.5, 0.6) is 5.75 Å². The molecule has 2 rings (SSSR count). The van der Waals surface area contributed by atoms with Crippen molar-refractivity contribution in [3.05, 3.63) is 65.2 Å². The van der Waals surface area contributed by atoms with E-state index < -0.39 is 24.2 Å². The second-order valence-corrected chi connectivity index (χ2v) is 4.33. The van der Waals surface area contributed by atoms with Crippen LogP contribution in [0.1, 0.15) is 15.9 Å². The minimum atomic E-state index is -2.91. The first kappa shape index (κ1) is 15.8. The minimum absolute atomic E-state index is 0.00495. The monoisotopic (exact) mass is 313 g/mol. The van der Waals surface area contributed by atoms with E-state index in [0.717, 1.165) is 12.1 Å². The average molecular weight is 313 g/mol. The molecule has 1 amide bonds. The third-order valence-corrected chi connectivity index (χ3v) is 2.78. The molecule has 0 aliphatic carbocycles. The van der Waals surface area contributed by atoms with Crippen LogP contribution in [0.2, 0.25) is 0 Å². The van der Waals surface area contributed by atoms with Gasteiger partial charge in [-0.2, -0.15) is 8.78 Å². The van der Waals surface area contributed by atoms with Gasteiger partial charge in [-0.05, 0) is 29.8 Å². The minimum Gasteiger partial charge on any atom is -0.435 e. The fourth-order valence-electron chi connectivity index (χ4n) is 1.74. The molecular formula is C15H11F4NO2. The van der Waals surface area contributed by atoms with E-state index in [2.05, 4.69) is 10.1 Å². The van der Waals surface area contributed by atoms with Crippen LogP contribution in [0.25, 0.3) is 0 Å². The highest BCUT2D eigenvalue weighted by atomic mass is 19.3. The number of hydrogen-bond donors (Lipinski definition) is 1. The van der Waals surface area contributed by atoms with Crippen molar-refractivity contribution in [1.82, 2.24) is 5.32 Å². The van der Waals surface area contributed by atoms with Gasteiger partial charge in [0.1, 0.15) is 17.4 Å². The summed E-state index contributed by atoms with van der Waals surface area (Å²) in [6, 6.07) is 8.26. The van der Waals surface area contributed by atoms with Gasteiger partial charge in [-0.15, -0.1) is 0 Å². The summed E-state index contributed by atoms with van der Waals surface area (Å²) in [4.78, 5) is 11.8. The Morgan fingerprint density at radius 3 is 2.36 bits per heavy atom. The first-order valence-electron chi connectivity index (χ1n) is 6.22. The summed E-state index contributed by atoms with van der Waals surface area (Å²) in [5, 5.41) is 2.45. The van der Waals surface area contributed by atoms with E-state index in [1.807, 2.05) is 0 Å². The summed E-state index contributed by atoms with van der Waals surface area (Å²) in [7, 11) is 0. The Bertz CT molecular complexity index is 659. The van der Waals surface area contributed by atoms with Crippen molar-refractivity contribution < 1.29 is 27.1 Å². The number of alkyl halides is 2. The van der Waals surface area contributed by atoms with Crippen LogP contribution < -0.4 is 10.1 Å². The molecule has 7 heteroatoms. The number of hydrogen-bond acceptors (Lipinski definition) is 2. The molecule has 0 atom stereocenters. The van der Waals surface area contributed by atoms with Gasteiger partial charge in [0, 0.05) is 12.6 Å². The Balaban J connectivity index is 1.96. The summed E-state index contributed by atoms with van der Waals surface area (Å²) in [5.74, 6) is -2.44. The van der Waals surface area contributed by atoms with Crippen LogP contribution in [0.3, 0.4) is 0 Å². The Hall–Kier alpha value is -2.57. The normalized spacial score (nSPS) is 10.6. The topological polar surface area (TPSA) is 38.3 Å². The highest BCUT2D eigenvalue weighted by Gasteiger charge is 2.12. The molecule has 0 aliphatic rings. The number of rotatable bonds is 5. The van der Waals surface area contributed by atoms with Gasteiger partial charge in [0.2, 0.25) is 0 Å². The average Bonchev–Trinajstić information content (AvgIpc) is 2.45. The zero-order valence-corrected chi connectivity index (χ0v) is 11.2. The third kappa shape index (κ3) is 4.21. The van der Waals surface area contributed by atoms with E-state index in [1.54, 1.807) is 0 Å². The summed E-state index contributed by atoms with van der Waals surface area (Å²) < 4.78 is 54.3. The molecular weight excluding hydrogens is 302 g/mol. The van der Waals surface area contributed by atoms with Crippen LogP contribution in [0.15, 0.2) is 42.5 Å². The van der Waals surface area contributed by atoms with Crippen molar-refractivity contribution >= 4 is 5.91 Å². The molecule has 0 unspecified atom stereocenters. The van der Waals surface area contributed by atoms with Crippen molar-refractivity contribution in [3.63, 3.8) is 0 Å². The molecule has 2 aromatic rings. The summed E-state index contributed by atoms with van der Waals surface area (Å²) in [6.07, 6.45) is 0. The van der Waals surface area contributed by atoms with E-state index in [0.29, 0.717) is 11.6 Å². The SMILES string of the molecule is O=C(NCc1ccc(OC(F)F)cc1)c1ccc(F)cc1F. The highest BCUT2D eigenvalue weighted by molar-refractivity contribution is 5.94. The molecule has 0 spiro atoms. The van der Waals surface area contributed by atoms with Gasteiger partial charge < -0.3 is 10.1 Å². The predicted molar refractivity (Wildman–Crippen MR) is 70.6 cm³/mol. The van der Waals surface area contributed by atoms with Crippen LogP contribution in [0, 0.1) is 11.6 Å². The zero-order chi connectivity index (χ0) is 16.1. The lowest BCUT2D eigenvalue weighted by atomic mass is 10.1. The predicted octanol–water partition coefficient (Wildman–Crippen LogP) is 3.50. The Labute approximate surface area is 123 Å². The fraction of sp³-hybridized carbons (Fsp3) is 0.133. The van der Waals surface area contributed by atoms with Gasteiger partial charge in [0.25, 0.3) is 5.91 Å². The van der Waals surface area contributed by atoms with E-state index in [9.17, 15) is 22.4 Å². The lowest BCUT2D eigenvalue weighted by Crippen LogP contribution is -2.23. The van der Waals surface area contributed by atoms with Gasteiger partial charge in [-0.3, -0.25) is 4.79 Å². The number of halogens is 4. The molecule has 0 saturated carbocycles. The van der Waals surface area contributed by atoms with Gasteiger partial charge in [-0.1, -0.05) is 12.1 Å². The summed E-state index contributed by atoms with van der Waals surface area (Å²) >= 11 is 0. The summed E-state index contributed by atoms with van der Waals surface area (Å²) in [6.45, 7) is -2.85. The number of ether oxygens (including phenoxy) is 1.